The largest absolute Gasteiger partial charge is 0.383 e. The van der Waals surface area contributed by atoms with Crippen molar-refractivity contribution in [2.75, 3.05) is 19.0 Å². The summed E-state index contributed by atoms with van der Waals surface area (Å²) in [4.78, 5) is 24.2. The number of carbonyl (C=O) groups excluding carboxylic acids is 2. The van der Waals surface area contributed by atoms with Crippen LogP contribution in [0.15, 0.2) is 53.0 Å². The third-order valence-corrected chi connectivity index (χ3v) is 3.83. The van der Waals surface area contributed by atoms with E-state index < -0.39 is 0 Å². The van der Waals surface area contributed by atoms with E-state index in [0.717, 1.165) is 4.47 Å². The van der Waals surface area contributed by atoms with E-state index in [0.29, 0.717) is 23.4 Å². The van der Waals surface area contributed by atoms with E-state index in [1.54, 1.807) is 43.5 Å². The third kappa shape index (κ3) is 5.18. The number of rotatable bonds is 6. The van der Waals surface area contributed by atoms with Gasteiger partial charge >= 0.3 is 0 Å². The molecule has 6 heteroatoms. The predicted molar refractivity (Wildman–Crippen MR) is 97.3 cm³/mol. The monoisotopic (exact) mass is 390 g/mol. The van der Waals surface area contributed by atoms with E-state index in [4.69, 9.17) is 4.74 Å². The molecule has 0 aliphatic carbocycles. The highest BCUT2D eigenvalue weighted by molar-refractivity contribution is 9.10. The second-order valence-electron chi connectivity index (χ2n) is 5.37. The van der Waals surface area contributed by atoms with Gasteiger partial charge in [0.15, 0.2) is 0 Å². The smallest absolute Gasteiger partial charge is 0.255 e. The molecule has 5 nitrogen and oxygen atoms in total. The van der Waals surface area contributed by atoms with Crippen LogP contribution in [0.25, 0.3) is 0 Å². The van der Waals surface area contributed by atoms with Crippen molar-refractivity contribution in [2.45, 2.75) is 13.0 Å². The number of nitrogens with one attached hydrogen (secondary N) is 2. The number of benzene rings is 2. The van der Waals surface area contributed by atoms with Gasteiger partial charge in [-0.3, -0.25) is 9.59 Å². The molecule has 2 aromatic carbocycles. The SMILES string of the molecule is COCC(C)NC(=O)c1ccc(NC(=O)c2ccc(Br)cc2)cc1. The Bertz CT molecular complexity index is 699. The second kappa shape index (κ2) is 8.61. The number of amides is 2. The van der Waals surface area contributed by atoms with E-state index in [1.807, 2.05) is 19.1 Å². The lowest BCUT2D eigenvalue weighted by Gasteiger charge is -2.13. The van der Waals surface area contributed by atoms with E-state index in [-0.39, 0.29) is 17.9 Å². The summed E-state index contributed by atoms with van der Waals surface area (Å²) >= 11 is 3.33. The fourth-order valence-corrected chi connectivity index (χ4v) is 2.37. The molecule has 0 heterocycles. The molecule has 24 heavy (non-hydrogen) atoms. The Balaban J connectivity index is 1.97. The van der Waals surface area contributed by atoms with Gasteiger partial charge in [0.2, 0.25) is 0 Å². The van der Waals surface area contributed by atoms with Gasteiger partial charge in [-0.25, -0.2) is 0 Å². The first kappa shape index (κ1) is 18.2. The highest BCUT2D eigenvalue weighted by Gasteiger charge is 2.10. The Morgan fingerprint density at radius 1 is 1.00 bits per heavy atom. The average Bonchev–Trinajstić information content (AvgIpc) is 2.56. The minimum Gasteiger partial charge on any atom is -0.383 e. The van der Waals surface area contributed by atoms with Crippen molar-refractivity contribution >= 4 is 33.4 Å². The molecule has 0 radical (unpaired) electrons. The van der Waals surface area contributed by atoms with E-state index in [1.165, 1.54) is 0 Å². The van der Waals surface area contributed by atoms with Crippen molar-refractivity contribution in [3.05, 3.63) is 64.1 Å². The molecule has 0 aromatic heterocycles. The summed E-state index contributed by atoms with van der Waals surface area (Å²) in [5.41, 5.74) is 1.72. The number of ether oxygens (including phenoxy) is 1. The van der Waals surface area contributed by atoms with Crippen LogP contribution in [0.5, 0.6) is 0 Å². The van der Waals surface area contributed by atoms with Crippen LogP contribution < -0.4 is 10.6 Å². The number of hydrogen-bond acceptors (Lipinski definition) is 3. The zero-order valence-corrected chi connectivity index (χ0v) is 15.1. The highest BCUT2D eigenvalue weighted by Crippen LogP contribution is 2.14. The van der Waals surface area contributed by atoms with Crippen LogP contribution in [-0.2, 0) is 4.74 Å². The van der Waals surface area contributed by atoms with Crippen LogP contribution in [0.4, 0.5) is 5.69 Å². The topological polar surface area (TPSA) is 67.4 Å². The van der Waals surface area contributed by atoms with Crippen molar-refractivity contribution < 1.29 is 14.3 Å². The number of carbonyl (C=O) groups is 2. The maximum Gasteiger partial charge on any atom is 0.255 e. The molecule has 0 aliphatic rings. The average molecular weight is 391 g/mol. The van der Waals surface area contributed by atoms with Gasteiger partial charge in [-0.05, 0) is 55.5 Å². The van der Waals surface area contributed by atoms with Crippen LogP contribution in [0, 0.1) is 0 Å². The van der Waals surface area contributed by atoms with Crippen LogP contribution in [0.2, 0.25) is 0 Å². The van der Waals surface area contributed by atoms with Crippen molar-refractivity contribution in [2.24, 2.45) is 0 Å². The Morgan fingerprint density at radius 2 is 1.54 bits per heavy atom. The van der Waals surface area contributed by atoms with Crippen LogP contribution in [-0.4, -0.2) is 31.6 Å². The standard InChI is InChI=1S/C18H19BrN2O3/c1-12(11-24-2)20-17(22)14-5-9-16(10-6-14)21-18(23)13-3-7-15(19)8-4-13/h3-10,12H,11H2,1-2H3,(H,20,22)(H,21,23). The third-order valence-electron chi connectivity index (χ3n) is 3.31. The normalized spacial score (nSPS) is 11.6. The number of halogens is 1. The molecular formula is C18H19BrN2O3. The lowest BCUT2D eigenvalue weighted by molar-refractivity contribution is 0.0905. The van der Waals surface area contributed by atoms with Crippen LogP contribution in [0.3, 0.4) is 0 Å². The summed E-state index contributed by atoms with van der Waals surface area (Å²) < 4.78 is 5.90. The lowest BCUT2D eigenvalue weighted by Crippen LogP contribution is -2.35. The highest BCUT2D eigenvalue weighted by atomic mass is 79.9. The predicted octanol–water partition coefficient (Wildman–Crippen LogP) is 3.47. The lowest BCUT2D eigenvalue weighted by atomic mass is 10.1. The molecule has 0 aliphatic heterocycles. The van der Waals surface area contributed by atoms with Crippen molar-refractivity contribution in [1.29, 1.82) is 0 Å². The van der Waals surface area contributed by atoms with Gasteiger partial charge in [-0.15, -0.1) is 0 Å². The molecule has 2 N–H and O–H groups in total. The summed E-state index contributed by atoms with van der Waals surface area (Å²) in [6.45, 7) is 2.32. The van der Waals surface area contributed by atoms with E-state index in [9.17, 15) is 9.59 Å². The van der Waals surface area contributed by atoms with Gasteiger partial charge in [0.05, 0.1) is 6.61 Å². The Hall–Kier alpha value is -2.18. The number of methoxy groups -OCH3 is 1. The Morgan fingerprint density at radius 3 is 2.12 bits per heavy atom. The first-order chi connectivity index (χ1) is 11.5. The quantitative estimate of drug-likeness (QED) is 0.793. The van der Waals surface area contributed by atoms with Gasteiger partial charge in [-0.1, -0.05) is 15.9 Å². The fraction of sp³-hybridized carbons (Fsp3) is 0.222. The Labute approximate surface area is 149 Å². The van der Waals surface area contributed by atoms with Gasteiger partial charge in [0.1, 0.15) is 0 Å². The second-order valence-corrected chi connectivity index (χ2v) is 6.28. The fourth-order valence-electron chi connectivity index (χ4n) is 2.11. The van der Waals surface area contributed by atoms with Gasteiger partial charge in [0, 0.05) is 34.4 Å². The molecule has 0 saturated heterocycles. The van der Waals surface area contributed by atoms with Gasteiger partial charge < -0.3 is 15.4 Å². The molecule has 2 aromatic rings. The number of anilines is 1. The molecule has 0 saturated carbocycles. The maximum atomic E-state index is 12.1. The summed E-state index contributed by atoms with van der Waals surface area (Å²) in [6, 6.07) is 13.8. The molecule has 2 rings (SSSR count). The van der Waals surface area contributed by atoms with Crippen molar-refractivity contribution in [1.82, 2.24) is 5.32 Å². The molecule has 0 spiro atoms. The molecule has 1 atom stereocenters. The minimum absolute atomic E-state index is 0.0701. The number of hydrogen-bond donors (Lipinski definition) is 2. The summed E-state index contributed by atoms with van der Waals surface area (Å²) in [5.74, 6) is -0.376. The zero-order chi connectivity index (χ0) is 17.5. The Kier molecular flexibility index (Phi) is 6.52. The van der Waals surface area contributed by atoms with Crippen LogP contribution in [0.1, 0.15) is 27.6 Å². The van der Waals surface area contributed by atoms with Crippen LogP contribution >= 0.6 is 15.9 Å². The summed E-state index contributed by atoms with van der Waals surface area (Å²) in [5, 5.41) is 5.63. The molecular weight excluding hydrogens is 372 g/mol. The van der Waals surface area contributed by atoms with Gasteiger partial charge in [-0.2, -0.15) is 0 Å². The van der Waals surface area contributed by atoms with Crippen molar-refractivity contribution in [3.8, 4) is 0 Å². The first-order valence-corrected chi connectivity index (χ1v) is 8.25. The maximum absolute atomic E-state index is 12.1. The van der Waals surface area contributed by atoms with E-state index >= 15 is 0 Å². The van der Waals surface area contributed by atoms with E-state index in [2.05, 4.69) is 26.6 Å². The molecule has 0 bridgehead atoms. The van der Waals surface area contributed by atoms with Gasteiger partial charge in [0.25, 0.3) is 11.8 Å². The summed E-state index contributed by atoms with van der Waals surface area (Å²) in [6.07, 6.45) is 0. The summed E-state index contributed by atoms with van der Waals surface area (Å²) in [7, 11) is 1.59. The molecule has 2 amide bonds. The zero-order valence-electron chi connectivity index (χ0n) is 13.5. The minimum atomic E-state index is -0.201. The first-order valence-electron chi connectivity index (χ1n) is 7.46. The molecule has 126 valence electrons. The molecule has 1 unspecified atom stereocenters. The molecule has 0 fully saturated rings. The van der Waals surface area contributed by atoms with Crippen molar-refractivity contribution in [3.63, 3.8) is 0 Å².